The second-order valence-electron chi connectivity index (χ2n) is 10.1. The van der Waals surface area contributed by atoms with E-state index in [-0.39, 0.29) is 0 Å². The molecular formula is C30H38S2. The average Bonchev–Trinajstić information content (AvgIpc) is 3.39. The van der Waals surface area contributed by atoms with Crippen molar-refractivity contribution in [2.45, 2.75) is 80.1 Å². The molecular weight excluding hydrogens is 424 g/mol. The van der Waals surface area contributed by atoms with Crippen LogP contribution in [0, 0.1) is 47.4 Å². The molecule has 3 rings (SSSR count). The fraction of sp³-hybridized carbons (Fsp3) is 0.533. The zero-order valence-electron chi connectivity index (χ0n) is 20.7. The van der Waals surface area contributed by atoms with Gasteiger partial charge in [-0.05, 0) is 47.6 Å². The number of fused-ring (bicyclic) bond motifs is 2. The van der Waals surface area contributed by atoms with E-state index in [1.807, 2.05) is 0 Å². The summed E-state index contributed by atoms with van der Waals surface area (Å²) in [6.07, 6.45) is 7.48. The summed E-state index contributed by atoms with van der Waals surface area (Å²) in [5.41, 5.74) is 2.41. The molecule has 1 aromatic carbocycles. The van der Waals surface area contributed by atoms with Crippen molar-refractivity contribution in [1.82, 2.24) is 0 Å². The van der Waals surface area contributed by atoms with Crippen LogP contribution in [0.5, 0.6) is 0 Å². The van der Waals surface area contributed by atoms with Gasteiger partial charge in [0.2, 0.25) is 0 Å². The summed E-state index contributed by atoms with van der Waals surface area (Å²) in [6, 6.07) is 4.48. The Kier molecular flexibility index (Phi) is 9.28. The first-order chi connectivity index (χ1) is 15.4. The topological polar surface area (TPSA) is 0 Å². The Morgan fingerprint density at radius 2 is 1.03 bits per heavy atom. The highest BCUT2D eigenvalue weighted by Crippen LogP contribution is 2.38. The average molecular weight is 463 g/mol. The number of hydrogen-bond donors (Lipinski definition) is 0. The van der Waals surface area contributed by atoms with Crippen LogP contribution < -0.4 is 0 Å². The van der Waals surface area contributed by atoms with Crippen LogP contribution >= 0.6 is 22.7 Å². The molecule has 2 heterocycles. The molecule has 2 unspecified atom stereocenters. The molecule has 0 aliphatic heterocycles. The van der Waals surface area contributed by atoms with Gasteiger partial charge < -0.3 is 0 Å². The Balaban J connectivity index is 1.88. The Morgan fingerprint density at radius 3 is 1.41 bits per heavy atom. The molecule has 0 saturated heterocycles. The van der Waals surface area contributed by atoms with Gasteiger partial charge in [0, 0.05) is 22.6 Å². The lowest BCUT2D eigenvalue weighted by Gasteiger charge is -2.07. The molecule has 2 aromatic heterocycles. The number of benzene rings is 1. The van der Waals surface area contributed by atoms with Gasteiger partial charge in [0.1, 0.15) is 0 Å². The quantitative estimate of drug-likeness (QED) is 0.292. The molecule has 0 saturated carbocycles. The van der Waals surface area contributed by atoms with Gasteiger partial charge >= 0.3 is 0 Å². The molecule has 3 aromatic rings. The van der Waals surface area contributed by atoms with Gasteiger partial charge in [-0.3, -0.25) is 0 Å². The molecule has 0 N–H and O–H groups in total. The Hall–Kier alpha value is -1.74. The summed E-state index contributed by atoms with van der Waals surface area (Å²) in [6.45, 7) is 13.7. The standard InChI is InChI=1S/C30H38S2/c1-21(2)9-7-11-23(5)13-15-25-27-17-19-32-30(27)26(28-18-20-31-29(25)28)16-14-24(6)12-8-10-22(3)4/h17-24H,7-12H2,1-6H3. The highest BCUT2D eigenvalue weighted by molar-refractivity contribution is 7.19. The van der Waals surface area contributed by atoms with E-state index >= 15 is 0 Å². The first-order valence-corrected chi connectivity index (χ1v) is 14.1. The molecule has 0 spiro atoms. The largest absolute Gasteiger partial charge is 0.142 e. The van der Waals surface area contributed by atoms with Crippen LogP contribution in [-0.4, -0.2) is 0 Å². The lowest BCUT2D eigenvalue weighted by Crippen LogP contribution is -1.94. The zero-order valence-corrected chi connectivity index (χ0v) is 22.3. The summed E-state index contributed by atoms with van der Waals surface area (Å²) in [7, 11) is 0. The Bertz CT molecular complexity index is 995. The van der Waals surface area contributed by atoms with E-state index in [1.54, 1.807) is 22.7 Å². The normalized spacial score (nSPS) is 13.2. The summed E-state index contributed by atoms with van der Waals surface area (Å²) < 4.78 is 2.60. The van der Waals surface area contributed by atoms with Crippen LogP contribution in [0.25, 0.3) is 20.2 Å². The van der Waals surface area contributed by atoms with Crippen molar-refractivity contribution < 1.29 is 0 Å². The van der Waals surface area contributed by atoms with Crippen LogP contribution in [0.15, 0.2) is 22.9 Å². The van der Waals surface area contributed by atoms with Gasteiger partial charge in [0.25, 0.3) is 0 Å². The third-order valence-electron chi connectivity index (χ3n) is 6.05. The Morgan fingerprint density at radius 1 is 0.625 bits per heavy atom. The van der Waals surface area contributed by atoms with Crippen LogP contribution in [0.1, 0.15) is 91.2 Å². The molecule has 2 heteroatoms. The van der Waals surface area contributed by atoms with Gasteiger partial charge in [-0.25, -0.2) is 0 Å². The molecule has 2 atom stereocenters. The van der Waals surface area contributed by atoms with E-state index in [1.165, 1.54) is 69.8 Å². The van der Waals surface area contributed by atoms with Crippen LogP contribution in [-0.2, 0) is 0 Å². The minimum atomic E-state index is 0.434. The molecule has 0 bridgehead atoms. The smallest absolute Gasteiger partial charge is 0.0518 e. The summed E-state index contributed by atoms with van der Waals surface area (Å²) in [5.74, 6) is 16.7. The molecule has 170 valence electrons. The van der Waals surface area contributed by atoms with Crippen LogP contribution in [0.4, 0.5) is 0 Å². The third-order valence-corrected chi connectivity index (χ3v) is 7.91. The fourth-order valence-corrected chi connectivity index (χ4v) is 5.92. The maximum absolute atomic E-state index is 3.59. The highest BCUT2D eigenvalue weighted by atomic mass is 32.1. The molecule has 0 radical (unpaired) electrons. The summed E-state index contributed by atoms with van der Waals surface area (Å²) in [4.78, 5) is 0. The van der Waals surface area contributed by atoms with E-state index in [4.69, 9.17) is 0 Å². The summed E-state index contributed by atoms with van der Waals surface area (Å²) in [5, 5.41) is 6.96. The second-order valence-corrected chi connectivity index (χ2v) is 11.9. The van der Waals surface area contributed by atoms with Crippen LogP contribution in [0.2, 0.25) is 0 Å². The van der Waals surface area contributed by atoms with Crippen molar-refractivity contribution in [3.8, 4) is 23.7 Å². The van der Waals surface area contributed by atoms with Crippen molar-refractivity contribution in [2.24, 2.45) is 23.7 Å². The number of rotatable bonds is 8. The van der Waals surface area contributed by atoms with E-state index in [9.17, 15) is 0 Å². The van der Waals surface area contributed by atoms with Crippen molar-refractivity contribution in [3.05, 3.63) is 34.0 Å². The molecule has 0 nitrogen and oxygen atoms in total. The third kappa shape index (κ3) is 6.63. The first kappa shape index (κ1) is 24.9. The van der Waals surface area contributed by atoms with Gasteiger partial charge in [0.05, 0.1) is 20.5 Å². The van der Waals surface area contributed by atoms with E-state index in [0.717, 1.165) is 11.8 Å². The minimum absolute atomic E-state index is 0.434. The van der Waals surface area contributed by atoms with Gasteiger partial charge in [-0.1, -0.05) is 90.9 Å². The maximum Gasteiger partial charge on any atom is 0.0518 e. The molecule has 32 heavy (non-hydrogen) atoms. The van der Waals surface area contributed by atoms with E-state index < -0.39 is 0 Å². The van der Waals surface area contributed by atoms with Gasteiger partial charge in [0.15, 0.2) is 0 Å². The van der Waals surface area contributed by atoms with Gasteiger partial charge in [-0.15, -0.1) is 22.7 Å². The SMILES string of the molecule is CC(C)CCCC(C)C#Cc1c2ccsc2c(C#CC(C)CCCC(C)C)c2ccsc12. The summed E-state index contributed by atoms with van der Waals surface area (Å²) >= 11 is 3.61. The molecule has 0 aliphatic rings. The minimum Gasteiger partial charge on any atom is -0.142 e. The number of thiophene rings is 2. The lowest BCUT2D eigenvalue weighted by atomic mass is 9.98. The Labute approximate surface area is 203 Å². The van der Waals surface area contributed by atoms with Crippen molar-refractivity contribution in [1.29, 1.82) is 0 Å². The first-order valence-electron chi connectivity index (χ1n) is 12.3. The maximum atomic E-state index is 3.59. The van der Waals surface area contributed by atoms with E-state index in [2.05, 4.69) is 88.1 Å². The zero-order chi connectivity index (χ0) is 23.1. The van der Waals surface area contributed by atoms with Gasteiger partial charge in [-0.2, -0.15) is 0 Å². The fourth-order valence-electron chi connectivity index (χ4n) is 4.09. The monoisotopic (exact) mass is 462 g/mol. The second kappa shape index (κ2) is 11.9. The van der Waals surface area contributed by atoms with E-state index in [0.29, 0.717) is 11.8 Å². The molecule has 0 amide bonds. The van der Waals surface area contributed by atoms with Crippen molar-refractivity contribution >= 4 is 42.8 Å². The highest BCUT2D eigenvalue weighted by Gasteiger charge is 2.14. The predicted octanol–water partition coefficient (Wildman–Crippen LogP) is 9.74. The van der Waals surface area contributed by atoms with Crippen LogP contribution in [0.3, 0.4) is 0 Å². The molecule has 0 fully saturated rings. The predicted molar refractivity (Wildman–Crippen MR) is 147 cm³/mol. The number of hydrogen-bond acceptors (Lipinski definition) is 2. The lowest BCUT2D eigenvalue weighted by molar-refractivity contribution is 0.507. The molecule has 0 aliphatic carbocycles. The van der Waals surface area contributed by atoms with Crippen molar-refractivity contribution in [3.63, 3.8) is 0 Å². The van der Waals surface area contributed by atoms with Crippen molar-refractivity contribution in [2.75, 3.05) is 0 Å².